The van der Waals surface area contributed by atoms with Crippen molar-refractivity contribution in [1.82, 2.24) is 5.32 Å². The molecule has 2 amide bonds. The number of amides is 2. The molecule has 122 valence electrons. The van der Waals surface area contributed by atoms with E-state index in [4.69, 9.17) is 9.47 Å². The van der Waals surface area contributed by atoms with Gasteiger partial charge < -0.3 is 20.1 Å². The van der Waals surface area contributed by atoms with Crippen molar-refractivity contribution >= 4 is 11.7 Å². The van der Waals surface area contributed by atoms with Crippen LogP contribution in [0.3, 0.4) is 0 Å². The van der Waals surface area contributed by atoms with Crippen LogP contribution in [0.25, 0.3) is 0 Å². The van der Waals surface area contributed by atoms with Crippen molar-refractivity contribution in [1.29, 1.82) is 0 Å². The van der Waals surface area contributed by atoms with Crippen LogP contribution < -0.4 is 15.4 Å². The van der Waals surface area contributed by atoms with Gasteiger partial charge in [-0.15, -0.1) is 0 Å². The molecule has 0 saturated carbocycles. The lowest BCUT2D eigenvalue weighted by molar-refractivity contribution is 0.00354. The van der Waals surface area contributed by atoms with Gasteiger partial charge in [0.15, 0.2) is 0 Å². The third-order valence-electron chi connectivity index (χ3n) is 3.88. The number of hydrogen-bond donors (Lipinski definition) is 2. The topological polar surface area (TPSA) is 59.6 Å². The van der Waals surface area contributed by atoms with Crippen LogP contribution in [0.2, 0.25) is 0 Å². The van der Waals surface area contributed by atoms with Crippen molar-refractivity contribution in [3.05, 3.63) is 23.8 Å². The van der Waals surface area contributed by atoms with E-state index < -0.39 is 0 Å². The zero-order valence-electron chi connectivity index (χ0n) is 13.6. The minimum atomic E-state index is -0.164. The van der Waals surface area contributed by atoms with E-state index in [0.29, 0.717) is 19.1 Å². The number of nitrogens with one attached hydrogen (secondary N) is 2. The van der Waals surface area contributed by atoms with Gasteiger partial charge in [0.1, 0.15) is 5.75 Å². The number of rotatable bonds is 5. The molecule has 2 N–H and O–H groups in total. The summed E-state index contributed by atoms with van der Waals surface area (Å²) in [6.45, 7) is 8.11. The molecule has 1 heterocycles. The molecule has 1 saturated heterocycles. The monoisotopic (exact) mass is 306 g/mol. The maximum atomic E-state index is 12.0. The number of ether oxygens (including phenoxy) is 2. The number of anilines is 1. The Morgan fingerprint density at radius 3 is 2.95 bits per heavy atom. The van der Waals surface area contributed by atoms with E-state index in [1.165, 1.54) is 0 Å². The van der Waals surface area contributed by atoms with Crippen molar-refractivity contribution in [2.75, 3.05) is 25.1 Å². The standard InChI is InChI=1S/C17H26N2O3/c1-4-21-16-6-5-15(9-12(16)2)19-17(20)18-11-14-7-8-22-13(3)10-14/h5-6,9,13-14H,4,7-8,10-11H2,1-3H3,(H2,18,19,20)/t13-,14-/m1/s1. The minimum absolute atomic E-state index is 0.164. The molecule has 0 spiro atoms. The van der Waals surface area contributed by atoms with Gasteiger partial charge in [-0.3, -0.25) is 0 Å². The maximum absolute atomic E-state index is 12.0. The number of carbonyl (C=O) groups excluding carboxylic acids is 1. The van der Waals surface area contributed by atoms with E-state index in [1.54, 1.807) is 0 Å². The first-order chi connectivity index (χ1) is 10.6. The summed E-state index contributed by atoms with van der Waals surface area (Å²) >= 11 is 0. The highest BCUT2D eigenvalue weighted by atomic mass is 16.5. The SMILES string of the molecule is CCOc1ccc(NC(=O)NC[C@@H]2CCO[C@H](C)C2)cc1C. The number of carbonyl (C=O) groups is 1. The van der Waals surface area contributed by atoms with Gasteiger partial charge in [-0.1, -0.05) is 0 Å². The number of hydrogen-bond acceptors (Lipinski definition) is 3. The van der Waals surface area contributed by atoms with E-state index in [-0.39, 0.29) is 12.1 Å². The summed E-state index contributed by atoms with van der Waals surface area (Å²) in [6, 6.07) is 5.49. The summed E-state index contributed by atoms with van der Waals surface area (Å²) in [5.41, 5.74) is 1.79. The first kappa shape index (κ1) is 16.6. The number of aryl methyl sites for hydroxylation is 1. The first-order valence-corrected chi connectivity index (χ1v) is 7.98. The van der Waals surface area contributed by atoms with Gasteiger partial charge in [-0.05, 0) is 63.3 Å². The molecule has 1 aromatic rings. The van der Waals surface area contributed by atoms with Crippen molar-refractivity contribution < 1.29 is 14.3 Å². The van der Waals surface area contributed by atoms with Gasteiger partial charge in [-0.25, -0.2) is 4.79 Å². The van der Waals surface area contributed by atoms with Crippen LogP contribution in [-0.2, 0) is 4.74 Å². The number of urea groups is 1. The van der Waals surface area contributed by atoms with E-state index in [9.17, 15) is 4.79 Å². The van der Waals surface area contributed by atoms with Crippen LogP contribution >= 0.6 is 0 Å². The predicted octanol–water partition coefficient (Wildman–Crippen LogP) is 3.33. The minimum Gasteiger partial charge on any atom is -0.494 e. The van der Waals surface area contributed by atoms with Crippen molar-refractivity contribution in [2.45, 2.75) is 39.7 Å². The van der Waals surface area contributed by atoms with Crippen LogP contribution in [-0.4, -0.2) is 31.9 Å². The highest BCUT2D eigenvalue weighted by Crippen LogP contribution is 2.22. The third kappa shape index (κ3) is 4.91. The quantitative estimate of drug-likeness (QED) is 0.877. The van der Waals surface area contributed by atoms with Crippen LogP contribution in [0, 0.1) is 12.8 Å². The van der Waals surface area contributed by atoms with Crippen LogP contribution in [0.4, 0.5) is 10.5 Å². The second-order valence-corrected chi connectivity index (χ2v) is 5.82. The van der Waals surface area contributed by atoms with Gasteiger partial charge in [0.25, 0.3) is 0 Å². The molecule has 0 bridgehead atoms. The lowest BCUT2D eigenvalue weighted by atomic mass is 9.96. The Balaban J connectivity index is 1.80. The number of benzene rings is 1. The van der Waals surface area contributed by atoms with Crippen molar-refractivity contribution in [3.63, 3.8) is 0 Å². The molecule has 1 aliphatic heterocycles. The Bertz CT molecular complexity index is 505. The molecule has 5 heteroatoms. The lowest BCUT2D eigenvalue weighted by Crippen LogP contribution is -2.36. The summed E-state index contributed by atoms with van der Waals surface area (Å²) in [5.74, 6) is 1.35. The highest BCUT2D eigenvalue weighted by Gasteiger charge is 2.19. The molecule has 2 atom stereocenters. The Morgan fingerprint density at radius 2 is 2.27 bits per heavy atom. The molecule has 22 heavy (non-hydrogen) atoms. The molecule has 0 unspecified atom stereocenters. The predicted molar refractivity (Wildman–Crippen MR) is 87.5 cm³/mol. The van der Waals surface area contributed by atoms with Gasteiger partial charge in [0.2, 0.25) is 0 Å². The van der Waals surface area contributed by atoms with Crippen molar-refractivity contribution in [2.24, 2.45) is 5.92 Å². The Morgan fingerprint density at radius 1 is 1.45 bits per heavy atom. The fourth-order valence-electron chi connectivity index (χ4n) is 2.73. The largest absolute Gasteiger partial charge is 0.494 e. The van der Waals surface area contributed by atoms with Gasteiger partial charge >= 0.3 is 6.03 Å². The second-order valence-electron chi connectivity index (χ2n) is 5.82. The summed E-state index contributed by atoms with van der Waals surface area (Å²) in [7, 11) is 0. The van der Waals surface area contributed by atoms with Crippen LogP contribution in [0.5, 0.6) is 5.75 Å². The molecule has 1 aromatic carbocycles. The molecule has 5 nitrogen and oxygen atoms in total. The van der Waals surface area contributed by atoms with Crippen molar-refractivity contribution in [3.8, 4) is 5.75 Å². The smallest absolute Gasteiger partial charge is 0.319 e. The maximum Gasteiger partial charge on any atom is 0.319 e. The molecule has 1 aliphatic rings. The van der Waals surface area contributed by atoms with Crippen LogP contribution in [0.1, 0.15) is 32.3 Å². The average Bonchev–Trinajstić information content (AvgIpc) is 2.48. The molecular weight excluding hydrogens is 280 g/mol. The first-order valence-electron chi connectivity index (χ1n) is 7.98. The van der Waals surface area contributed by atoms with Gasteiger partial charge in [-0.2, -0.15) is 0 Å². The molecule has 0 radical (unpaired) electrons. The molecule has 0 aromatic heterocycles. The lowest BCUT2D eigenvalue weighted by Gasteiger charge is -2.27. The van der Waals surface area contributed by atoms with Gasteiger partial charge in [0.05, 0.1) is 12.7 Å². The van der Waals surface area contributed by atoms with E-state index in [2.05, 4.69) is 17.6 Å². The molecule has 0 aliphatic carbocycles. The highest BCUT2D eigenvalue weighted by molar-refractivity contribution is 5.89. The molecular formula is C17H26N2O3. The van der Waals surface area contributed by atoms with E-state index in [1.807, 2.05) is 32.0 Å². The normalized spacial score (nSPS) is 21.2. The zero-order chi connectivity index (χ0) is 15.9. The second kappa shape index (κ2) is 8.03. The van der Waals surface area contributed by atoms with Gasteiger partial charge in [0, 0.05) is 18.8 Å². The van der Waals surface area contributed by atoms with Crippen LogP contribution in [0.15, 0.2) is 18.2 Å². The zero-order valence-corrected chi connectivity index (χ0v) is 13.6. The Kier molecular flexibility index (Phi) is 6.07. The summed E-state index contributed by atoms with van der Waals surface area (Å²) in [6.07, 6.45) is 2.30. The third-order valence-corrected chi connectivity index (χ3v) is 3.88. The summed E-state index contributed by atoms with van der Waals surface area (Å²) < 4.78 is 11.0. The molecule has 1 fully saturated rings. The fourth-order valence-corrected chi connectivity index (χ4v) is 2.73. The van der Waals surface area contributed by atoms with E-state index in [0.717, 1.165) is 36.4 Å². The average molecular weight is 306 g/mol. The fraction of sp³-hybridized carbons (Fsp3) is 0.588. The Hall–Kier alpha value is -1.75. The summed E-state index contributed by atoms with van der Waals surface area (Å²) in [5, 5.41) is 5.81. The molecule has 2 rings (SSSR count). The van der Waals surface area contributed by atoms with E-state index >= 15 is 0 Å². The Labute approximate surface area is 132 Å². The summed E-state index contributed by atoms with van der Waals surface area (Å²) in [4.78, 5) is 12.0.